The zero-order valence-electron chi connectivity index (χ0n) is 12.2. The summed E-state index contributed by atoms with van der Waals surface area (Å²) in [6.45, 7) is 3.83. The van der Waals surface area contributed by atoms with Gasteiger partial charge in [0.2, 0.25) is 0 Å². The van der Waals surface area contributed by atoms with E-state index in [2.05, 4.69) is 4.98 Å². The van der Waals surface area contributed by atoms with Crippen molar-refractivity contribution in [3.63, 3.8) is 0 Å². The highest BCUT2D eigenvalue weighted by molar-refractivity contribution is 6.30. The average Bonchev–Trinajstić information content (AvgIpc) is 2.78. The molecule has 0 bridgehead atoms. The summed E-state index contributed by atoms with van der Waals surface area (Å²) in [6, 6.07) is 6.51. The summed E-state index contributed by atoms with van der Waals surface area (Å²) in [5.41, 5.74) is -0.297. The van der Waals surface area contributed by atoms with Crippen LogP contribution in [0.5, 0.6) is 0 Å². The minimum atomic E-state index is -4.50. The van der Waals surface area contributed by atoms with E-state index >= 15 is 0 Å². The van der Waals surface area contributed by atoms with Gasteiger partial charge in [0.25, 0.3) is 0 Å². The molecule has 2 aromatic rings. The van der Waals surface area contributed by atoms with Crippen molar-refractivity contribution >= 4 is 11.6 Å². The fourth-order valence-electron chi connectivity index (χ4n) is 2.08. The van der Waals surface area contributed by atoms with Crippen LogP contribution in [0.4, 0.5) is 13.2 Å². The standard InChI is InChI=1S/C15H16ClF3N2O/c1-3-8-22-9-21-10(2)13(15(17,18)19)20-14(21)11-4-6-12(16)7-5-11/h4-7H,3,8-9H2,1-2H3. The average molecular weight is 333 g/mol. The molecule has 0 aliphatic rings. The number of hydrogen-bond donors (Lipinski definition) is 0. The molecular weight excluding hydrogens is 317 g/mol. The van der Waals surface area contributed by atoms with Crippen LogP contribution in [0.1, 0.15) is 24.7 Å². The first-order chi connectivity index (χ1) is 10.3. The second-order valence-electron chi connectivity index (χ2n) is 4.84. The molecular formula is C15H16ClF3N2O. The number of imidazole rings is 1. The molecule has 1 aromatic carbocycles. The Morgan fingerprint density at radius 1 is 1.23 bits per heavy atom. The number of ether oxygens (including phenoxy) is 1. The molecule has 1 heterocycles. The van der Waals surface area contributed by atoms with Crippen LogP contribution in [0.25, 0.3) is 11.4 Å². The molecule has 7 heteroatoms. The maximum Gasteiger partial charge on any atom is 0.435 e. The van der Waals surface area contributed by atoms with Gasteiger partial charge in [-0.05, 0) is 37.6 Å². The molecule has 0 radical (unpaired) electrons. The fraction of sp³-hybridized carbons (Fsp3) is 0.400. The number of nitrogens with zero attached hydrogens (tertiary/aromatic N) is 2. The first kappa shape index (κ1) is 16.8. The molecule has 0 atom stereocenters. The number of aromatic nitrogens is 2. The Kier molecular flexibility index (Phi) is 5.13. The topological polar surface area (TPSA) is 27.1 Å². The molecule has 2 rings (SSSR count). The van der Waals surface area contributed by atoms with E-state index in [0.29, 0.717) is 17.2 Å². The van der Waals surface area contributed by atoms with Crippen molar-refractivity contribution in [2.45, 2.75) is 33.2 Å². The second-order valence-corrected chi connectivity index (χ2v) is 5.28. The van der Waals surface area contributed by atoms with Crippen molar-refractivity contribution in [2.75, 3.05) is 6.61 Å². The van der Waals surface area contributed by atoms with Crippen molar-refractivity contribution < 1.29 is 17.9 Å². The van der Waals surface area contributed by atoms with Crippen LogP contribution < -0.4 is 0 Å². The Balaban J connectivity index is 2.48. The Bertz CT molecular complexity index is 635. The van der Waals surface area contributed by atoms with Crippen LogP contribution in [-0.2, 0) is 17.6 Å². The highest BCUT2D eigenvalue weighted by Gasteiger charge is 2.37. The van der Waals surface area contributed by atoms with E-state index in [1.54, 1.807) is 24.3 Å². The summed E-state index contributed by atoms with van der Waals surface area (Å²) in [5.74, 6) is 0.220. The highest BCUT2D eigenvalue weighted by atomic mass is 35.5. The highest BCUT2D eigenvalue weighted by Crippen LogP contribution is 2.34. The minimum Gasteiger partial charge on any atom is -0.361 e. The van der Waals surface area contributed by atoms with E-state index in [-0.39, 0.29) is 18.2 Å². The van der Waals surface area contributed by atoms with E-state index < -0.39 is 11.9 Å². The minimum absolute atomic E-state index is 0.0285. The third kappa shape index (κ3) is 3.62. The molecule has 0 aliphatic heterocycles. The molecule has 0 saturated heterocycles. The van der Waals surface area contributed by atoms with Gasteiger partial charge in [-0.3, -0.25) is 0 Å². The van der Waals surface area contributed by atoms with Crippen molar-refractivity contribution in [3.05, 3.63) is 40.7 Å². The first-order valence-corrected chi connectivity index (χ1v) is 7.20. The van der Waals surface area contributed by atoms with Crippen LogP contribution in [0, 0.1) is 6.92 Å². The van der Waals surface area contributed by atoms with Crippen LogP contribution in [0.2, 0.25) is 5.02 Å². The van der Waals surface area contributed by atoms with Crippen LogP contribution in [-0.4, -0.2) is 16.2 Å². The lowest BCUT2D eigenvalue weighted by Gasteiger charge is -2.11. The normalized spacial score (nSPS) is 11.9. The third-order valence-corrected chi connectivity index (χ3v) is 3.41. The van der Waals surface area contributed by atoms with Gasteiger partial charge in [-0.1, -0.05) is 18.5 Å². The van der Waals surface area contributed by atoms with Crippen molar-refractivity contribution in [1.82, 2.24) is 9.55 Å². The van der Waals surface area contributed by atoms with Crippen molar-refractivity contribution in [2.24, 2.45) is 0 Å². The maximum atomic E-state index is 13.1. The maximum absolute atomic E-state index is 13.1. The van der Waals surface area contributed by atoms with Gasteiger partial charge in [-0.25, -0.2) is 4.98 Å². The molecule has 0 unspecified atom stereocenters. The quantitative estimate of drug-likeness (QED) is 0.727. The van der Waals surface area contributed by atoms with Crippen LogP contribution in [0.15, 0.2) is 24.3 Å². The van der Waals surface area contributed by atoms with Crippen molar-refractivity contribution in [1.29, 1.82) is 0 Å². The number of halogens is 4. The van der Waals surface area contributed by atoms with E-state index in [0.717, 1.165) is 6.42 Å². The molecule has 1 aromatic heterocycles. The van der Waals surface area contributed by atoms with Gasteiger partial charge in [0, 0.05) is 22.9 Å². The van der Waals surface area contributed by atoms with E-state index in [9.17, 15) is 13.2 Å². The van der Waals surface area contributed by atoms with Gasteiger partial charge in [0.1, 0.15) is 12.6 Å². The smallest absolute Gasteiger partial charge is 0.361 e. The predicted octanol–water partition coefficient (Wildman–Crippen LogP) is 4.91. The van der Waals surface area contributed by atoms with Crippen molar-refractivity contribution in [3.8, 4) is 11.4 Å². The van der Waals surface area contributed by atoms with Gasteiger partial charge < -0.3 is 9.30 Å². The predicted molar refractivity (Wildman–Crippen MR) is 78.7 cm³/mol. The number of benzene rings is 1. The molecule has 0 aliphatic carbocycles. The van der Waals surface area contributed by atoms with E-state index in [1.165, 1.54) is 11.5 Å². The molecule has 0 spiro atoms. The zero-order valence-corrected chi connectivity index (χ0v) is 13.0. The van der Waals surface area contributed by atoms with Gasteiger partial charge in [-0.15, -0.1) is 0 Å². The Morgan fingerprint density at radius 2 is 1.86 bits per heavy atom. The summed E-state index contributed by atoms with van der Waals surface area (Å²) >= 11 is 5.82. The SMILES string of the molecule is CCCOCn1c(-c2ccc(Cl)cc2)nc(C(F)(F)F)c1C. The molecule has 22 heavy (non-hydrogen) atoms. The lowest BCUT2D eigenvalue weighted by Crippen LogP contribution is -2.10. The monoisotopic (exact) mass is 332 g/mol. The first-order valence-electron chi connectivity index (χ1n) is 6.82. The second kappa shape index (κ2) is 6.71. The molecule has 0 saturated carbocycles. The van der Waals surface area contributed by atoms with Gasteiger partial charge in [-0.2, -0.15) is 13.2 Å². The fourth-order valence-corrected chi connectivity index (χ4v) is 2.21. The van der Waals surface area contributed by atoms with Gasteiger partial charge >= 0.3 is 6.18 Å². The van der Waals surface area contributed by atoms with Gasteiger partial charge in [0.05, 0.1) is 0 Å². The summed E-state index contributed by atoms with van der Waals surface area (Å²) in [7, 11) is 0. The van der Waals surface area contributed by atoms with E-state index in [1.807, 2.05) is 6.92 Å². The lowest BCUT2D eigenvalue weighted by molar-refractivity contribution is -0.141. The zero-order chi connectivity index (χ0) is 16.3. The Hall–Kier alpha value is -1.53. The molecule has 0 N–H and O–H groups in total. The molecule has 3 nitrogen and oxygen atoms in total. The summed E-state index contributed by atoms with van der Waals surface area (Å²) < 4.78 is 46.0. The Labute approximate surface area is 131 Å². The molecule has 0 fully saturated rings. The molecule has 120 valence electrons. The largest absolute Gasteiger partial charge is 0.435 e. The third-order valence-electron chi connectivity index (χ3n) is 3.16. The molecule has 0 amide bonds. The number of hydrogen-bond acceptors (Lipinski definition) is 2. The van der Waals surface area contributed by atoms with Crippen LogP contribution in [0.3, 0.4) is 0 Å². The summed E-state index contributed by atoms with van der Waals surface area (Å²) in [4.78, 5) is 3.77. The number of alkyl halides is 3. The number of rotatable bonds is 5. The van der Waals surface area contributed by atoms with Gasteiger partial charge in [0.15, 0.2) is 5.69 Å². The van der Waals surface area contributed by atoms with Crippen LogP contribution >= 0.6 is 11.6 Å². The Morgan fingerprint density at radius 3 is 2.41 bits per heavy atom. The summed E-state index contributed by atoms with van der Waals surface area (Å²) in [6.07, 6.45) is -3.71. The summed E-state index contributed by atoms with van der Waals surface area (Å²) in [5, 5.41) is 0.511. The van der Waals surface area contributed by atoms with E-state index in [4.69, 9.17) is 16.3 Å². The lowest BCUT2D eigenvalue weighted by atomic mass is 10.2.